The fourth-order valence-electron chi connectivity index (χ4n) is 3.15. The lowest BCUT2D eigenvalue weighted by Crippen LogP contribution is -2.52. The number of hydrogen-bond donors (Lipinski definition) is 2. The number of likely N-dealkylation sites (tertiary alicyclic amines) is 1. The van der Waals surface area contributed by atoms with Crippen LogP contribution < -0.4 is 11.1 Å². The highest BCUT2D eigenvalue weighted by molar-refractivity contribution is 5.85. The zero-order valence-electron chi connectivity index (χ0n) is 15.2. The first-order valence-corrected chi connectivity index (χ1v) is 8.58. The third-order valence-electron chi connectivity index (χ3n) is 4.36. The van der Waals surface area contributed by atoms with Gasteiger partial charge in [0.1, 0.15) is 11.6 Å². The number of nitrogens with two attached hydrogens (primary N) is 1. The van der Waals surface area contributed by atoms with Gasteiger partial charge in [0.05, 0.1) is 6.04 Å². The van der Waals surface area contributed by atoms with Gasteiger partial charge in [0.2, 0.25) is 5.91 Å². The lowest BCUT2D eigenvalue weighted by atomic mass is 10.0. The molecule has 26 heavy (non-hydrogen) atoms. The van der Waals surface area contributed by atoms with Crippen LogP contribution in [-0.4, -0.2) is 36.0 Å². The number of benzene rings is 1. The number of amides is 1. The lowest BCUT2D eigenvalue weighted by Gasteiger charge is -2.33. The predicted molar refractivity (Wildman–Crippen MR) is 105 cm³/mol. The van der Waals surface area contributed by atoms with Gasteiger partial charge in [-0.15, -0.1) is 24.8 Å². The molecule has 0 radical (unpaired) electrons. The van der Waals surface area contributed by atoms with E-state index in [0.29, 0.717) is 18.9 Å². The first-order valence-electron chi connectivity index (χ1n) is 8.58. The molecule has 4 nitrogen and oxygen atoms in total. The molecule has 1 unspecified atom stereocenters. The Hall–Kier alpha value is -0.950. The second-order valence-corrected chi connectivity index (χ2v) is 7.02. The number of nitrogens with zero attached hydrogens (tertiary/aromatic N) is 1. The maximum absolute atomic E-state index is 13.8. The molecular weight excluding hydrogens is 383 g/mol. The van der Waals surface area contributed by atoms with Gasteiger partial charge in [-0.3, -0.25) is 9.69 Å². The molecule has 1 aliphatic heterocycles. The zero-order valence-corrected chi connectivity index (χ0v) is 16.8. The van der Waals surface area contributed by atoms with E-state index in [9.17, 15) is 13.6 Å². The SMILES string of the molecule is CC(C)C[C@H](N)C(=O)NC1CCCN(Cc2c(F)cccc2F)C1.Cl.Cl. The Morgan fingerprint density at radius 2 is 1.92 bits per heavy atom. The number of nitrogens with one attached hydrogen (secondary N) is 1. The Morgan fingerprint density at radius 3 is 2.50 bits per heavy atom. The maximum Gasteiger partial charge on any atom is 0.237 e. The van der Waals surface area contributed by atoms with E-state index in [0.717, 1.165) is 19.4 Å². The lowest BCUT2D eigenvalue weighted by molar-refractivity contribution is -0.123. The van der Waals surface area contributed by atoms with Crippen LogP contribution in [0.2, 0.25) is 0 Å². The Kier molecular flexibility index (Phi) is 11.3. The van der Waals surface area contributed by atoms with E-state index in [-0.39, 0.29) is 48.9 Å². The highest BCUT2D eigenvalue weighted by Crippen LogP contribution is 2.18. The summed E-state index contributed by atoms with van der Waals surface area (Å²) < 4.78 is 27.6. The summed E-state index contributed by atoms with van der Waals surface area (Å²) in [5.74, 6) is -0.842. The van der Waals surface area contributed by atoms with E-state index < -0.39 is 17.7 Å². The van der Waals surface area contributed by atoms with Gasteiger partial charge in [-0.1, -0.05) is 19.9 Å². The van der Waals surface area contributed by atoms with Crippen molar-refractivity contribution >= 4 is 30.7 Å². The molecule has 150 valence electrons. The maximum atomic E-state index is 13.8. The van der Waals surface area contributed by atoms with Crippen molar-refractivity contribution in [2.45, 2.75) is 51.7 Å². The van der Waals surface area contributed by atoms with E-state index in [2.05, 4.69) is 5.32 Å². The average molecular weight is 412 g/mol. The van der Waals surface area contributed by atoms with Crippen LogP contribution in [0.3, 0.4) is 0 Å². The van der Waals surface area contributed by atoms with Crippen molar-refractivity contribution in [1.29, 1.82) is 0 Å². The van der Waals surface area contributed by atoms with Gasteiger partial charge in [0.25, 0.3) is 0 Å². The number of piperidine rings is 1. The molecule has 3 N–H and O–H groups in total. The molecule has 2 rings (SSSR count). The third kappa shape index (κ3) is 7.35. The van der Waals surface area contributed by atoms with Crippen LogP contribution in [0.15, 0.2) is 18.2 Å². The van der Waals surface area contributed by atoms with E-state index >= 15 is 0 Å². The van der Waals surface area contributed by atoms with Crippen molar-refractivity contribution in [3.8, 4) is 0 Å². The summed E-state index contributed by atoms with van der Waals surface area (Å²) in [5.41, 5.74) is 5.99. The summed E-state index contributed by atoms with van der Waals surface area (Å²) in [5, 5.41) is 2.98. The zero-order chi connectivity index (χ0) is 17.7. The third-order valence-corrected chi connectivity index (χ3v) is 4.36. The summed E-state index contributed by atoms with van der Waals surface area (Å²) in [4.78, 5) is 14.1. The molecule has 2 atom stereocenters. The molecule has 0 saturated carbocycles. The van der Waals surface area contributed by atoms with Crippen molar-refractivity contribution in [2.75, 3.05) is 13.1 Å². The minimum Gasteiger partial charge on any atom is -0.351 e. The summed E-state index contributed by atoms with van der Waals surface area (Å²) >= 11 is 0. The van der Waals surface area contributed by atoms with Gasteiger partial charge in [-0.05, 0) is 43.9 Å². The molecule has 0 aromatic heterocycles. The normalized spacial score (nSPS) is 18.6. The first kappa shape index (κ1) is 25.1. The number of carbonyl (C=O) groups is 1. The predicted octanol–water partition coefficient (Wildman–Crippen LogP) is 3.26. The molecule has 1 aliphatic rings. The molecule has 1 saturated heterocycles. The van der Waals surface area contributed by atoms with Crippen molar-refractivity contribution in [2.24, 2.45) is 11.7 Å². The van der Waals surface area contributed by atoms with Crippen molar-refractivity contribution in [3.05, 3.63) is 35.4 Å². The molecule has 0 bridgehead atoms. The fraction of sp³-hybridized carbons (Fsp3) is 0.611. The Balaban J connectivity index is 0.00000312. The van der Waals surface area contributed by atoms with Crippen molar-refractivity contribution in [3.63, 3.8) is 0 Å². The smallest absolute Gasteiger partial charge is 0.237 e. The van der Waals surface area contributed by atoms with Gasteiger partial charge >= 0.3 is 0 Å². The molecule has 1 amide bonds. The molecule has 1 heterocycles. The molecule has 0 aliphatic carbocycles. The van der Waals surface area contributed by atoms with E-state index in [1.807, 2.05) is 18.7 Å². The fourth-order valence-corrected chi connectivity index (χ4v) is 3.15. The van der Waals surface area contributed by atoms with Crippen molar-refractivity contribution in [1.82, 2.24) is 10.2 Å². The molecule has 8 heteroatoms. The Labute approximate surface area is 166 Å². The summed E-state index contributed by atoms with van der Waals surface area (Å²) in [6.45, 7) is 5.60. The molecule has 1 aromatic rings. The van der Waals surface area contributed by atoms with E-state index in [4.69, 9.17) is 5.73 Å². The minimum atomic E-state index is -0.528. The van der Waals surface area contributed by atoms with Gasteiger partial charge in [-0.25, -0.2) is 8.78 Å². The number of rotatable bonds is 6. The first-order chi connectivity index (χ1) is 11.4. The van der Waals surface area contributed by atoms with Crippen LogP contribution in [0.1, 0.15) is 38.7 Å². The highest BCUT2D eigenvalue weighted by atomic mass is 35.5. The second kappa shape index (κ2) is 11.7. The standard InChI is InChI=1S/C18H27F2N3O.2ClH/c1-12(2)9-17(21)18(24)22-13-5-4-8-23(10-13)11-14-15(19)6-3-7-16(14)20;;/h3,6-7,12-13,17H,4-5,8-11,21H2,1-2H3,(H,22,24);2*1H/t13?,17-;;/m0../s1. The van der Waals surface area contributed by atoms with Crippen molar-refractivity contribution < 1.29 is 13.6 Å². The summed E-state index contributed by atoms with van der Waals surface area (Å²) in [6, 6.07) is 3.37. The largest absolute Gasteiger partial charge is 0.351 e. The van der Waals surface area contributed by atoms with Gasteiger partial charge < -0.3 is 11.1 Å². The molecular formula is C18H29Cl2F2N3O. The molecule has 0 spiro atoms. The van der Waals surface area contributed by atoms with Crippen LogP contribution in [-0.2, 0) is 11.3 Å². The topological polar surface area (TPSA) is 58.4 Å². The van der Waals surface area contributed by atoms with Crippen LogP contribution in [0, 0.1) is 17.6 Å². The molecule has 1 aromatic carbocycles. The summed E-state index contributed by atoms with van der Waals surface area (Å²) in [6.07, 6.45) is 2.37. The Morgan fingerprint density at radius 1 is 1.31 bits per heavy atom. The van der Waals surface area contributed by atoms with Crippen LogP contribution >= 0.6 is 24.8 Å². The van der Waals surface area contributed by atoms with Gasteiger partial charge in [0.15, 0.2) is 0 Å². The number of hydrogen-bond acceptors (Lipinski definition) is 3. The number of carbonyl (C=O) groups excluding carboxylic acids is 1. The second-order valence-electron chi connectivity index (χ2n) is 7.02. The van der Waals surface area contributed by atoms with E-state index in [1.54, 1.807) is 0 Å². The van der Waals surface area contributed by atoms with Gasteiger partial charge in [0, 0.05) is 24.7 Å². The van der Waals surface area contributed by atoms with Crippen LogP contribution in [0.4, 0.5) is 8.78 Å². The Bertz CT molecular complexity index is 555. The monoisotopic (exact) mass is 411 g/mol. The summed E-state index contributed by atoms with van der Waals surface area (Å²) in [7, 11) is 0. The molecule has 1 fully saturated rings. The number of halogens is 4. The highest BCUT2D eigenvalue weighted by Gasteiger charge is 2.25. The van der Waals surface area contributed by atoms with E-state index in [1.165, 1.54) is 18.2 Å². The van der Waals surface area contributed by atoms with Crippen LogP contribution in [0.5, 0.6) is 0 Å². The quantitative estimate of drug-likeness (QED) is 0.754. The minimum absolute atomic E-state index is 0. The van der Waals surface area contributed by atoms with Crippen LogP contribution in [0.25, 0.3) is 0 Å². The van der Waals surface area contributed by atoms with Gasteiger partial charge in [-0.2, -0.15) is 0 Å². The average Bonchev–Trinajstić information content (AvgIpc) is 2.51.